The predicted molar refractivity (Wildman–Crippen MR) is 350 cm³/mol. The molecule has 97 heavy (non-hydrogen) atoms. The molecule has 0 aromatic heterocycles. The third kappa shape index (κ3) is 22.9. The molecule has 0 unspecified atom stereocenters. The SMILES string of the molecule is CO[13C](=O)[C@@]1(O[C@H]2[C@@H](O)[C@@H](COCc3ccccc3)O[C@@H](O[C@H]3[C@H](OCc4ccccc4)[C@@H](OCc4ccccc4)[C@H](OCC[Si](C)(C)C)O[C@@H]3COCc3ccccc3)[C@@H]2OCc2ccccc2)C[C@H](OC(C)=O)[C@@H](NC(C)=O)[C@H]([C@H](OC(C)=O)[C@@H](COC(C)=O)OC(C)=O)O1. The maximum atomic E-state index is 15.3. The van der Waals surface area contributed by atoms with Gasteiger partial charge in [-0.15, -0.1) is 0 Å². The van der Waals surface area contributed by atoms with Gasteiger partial charge in [-0.25, -0.2) is 4.79 Å². The summed E-state index contributed by atoms with van der Waals surface area (Å²) in [4.78, 5) is 80.7. The molecule has 1 amide bonds. The van der Waals surface area contributed by atoms with Gasteiger partial charge in [-0.2, -0.15) is 0 Å². The van der Waals surface area contributed by atoms with Crippen molar-refractivity contribution in [2.75, 3.05) is 33.5 Å². The smallest absolute Gasteiger partial charge is 0.366 e. The molecule has 0 radical (unpaired) electrons. The van der Waals surface area contributed by atoms with Crippen molar-refractivity contribution in [3.8, 4) is 0 Å². The first-order valence-corrected chi connectivity index (χ1v) is 36.1. The van der Waals surface area contributed by atoms with Crippen LogP contribution in [0, 0.1) is 0 Å². The summed E-state index contributed by atoms with van der Waals surface area (Å²) < 4.78 is 105. The van der Waals surface area contributed by atoms with E-state index >= 15 is 4.79 Å². The minimum absolute atomic E-state index is 0.0322. The monoisotopic (exact) mass is 1370 g/mol. The zero-order valence-corrected chi connectivity index (χ0v) is 57.3. The van der Waals surface area contributed by atoms with E-state index < -0.39 is 155 Å². The van der Waals surface area contributed by atoms with Gasteiger partial charge in [-0.1, -0.05) is 171 Å². The van der Waals surface area contributed by atoms with Gasteiger partial charge < -0.3 is 86.2 Å². The highest BCUT2D eigenvalue weighted by Crippen LogP contribution is 2.42. The molecule has 2 N–H and O–H groups in total. The number of hydrogen-bond donors (Lipinski definition) is 2. The molecule has 0 bridgehead atoms. The summed E-state index contributed by atoms with van der Waals surface area (Å²) in [5, 5.41) is 15.9. The molecule has 3 heterocycles. The van der Waals surface area contributed by atoms with Crippen LogP contribution in [0.5, 0.6) is 0 Å². The highest BCUT2D eigenvalue weighted by Gasteiger charge is 2.63. The minimum Gasteiger partial charge on any atom is -0.465 e. The molecule has 0 saturated carbocycles. The average Bonchev–Trinajstić information content (AvgIpc) is 0.748. The number of rotatable bonds is 34. The van der Waals surface area contributed by atoms with Crippen LogP contribution in [0.25, 0.3) is 0 Å². The van der Waals surface area contributed by atoms with Gasteiger partial charge in [0.1, 0.15) is 67.6 Å². The van der Waals surface area contributed by atoms with Gasteiger partial charge in [0.25, 0.3) is 5.79 Å². The molecule has 526 valence electrons. The Morgan fingerprint density at radius 3 is 1.47 bits per heavy atom. The van der Waals surface area contributed by atoms with Crippen LogP contribution in [0.4, 0.5) is 0 Å². The van der Waals surface area contributed by atoms with Crippen molar-refractivity contribution in [2.45, 2.75) is 197 Å². The van der Waals surface area contributed by atoms with Crippen LogP contribution in [0.3, 0.4) is 0 Å². The zero-order chi connectivity index (χ0) is 69.5. The fourth-order valence-electron chi connectivity index (χ4n) is 11.5. The van der Waals surface area contributed by atoms with E-state index in [9.17, 15) is 29.1 Å². The lowest BCUT2D eigenvalue weighted by atomic mass is 9.89. The van der Waals surface area contributed by atoms with Crippen molar-refractivity contribution in [1.82, 2.24) is 5.32 Å². The number of ether oxygens (including phenoxy) is 16. The van der Waals surface area contributed by atoms with Gasteiger partial charge in [-0.3, -0.25) is 24.0 Å². The second-order valence-corrected chi connectivity index (χ2v) is 30.8. The molecule has 25 heteroatoms. The minimum atomic E-state index is -2.90. The molecule has 3 fully saturated rings. The summed E-state index contributed by atoms with van der Waals surface area (Å²) in [6.07, 6.45) is -22.1. The number of methoxy groups -OCH3 is 1. The summed E-state index contributed by atoms with van der Waals surface area (Å²) in [6.45, 7) is 11.3. The van der Waals surface area contributed by atoms with E-state index in [1.165, 1.54) is 0 Å². The highest BCUT2D eigenvalue weighted by molar-refractivity contribution is 6.76. The summed E-state index contributed by atoms with van der Waals surface area (Å²) >= 11 is 0. The van der Waals surface area contributed by atoms with Crippen LogP contribution < -0.4 is 5.32 Å². The molecule has 0 aliphatic carbocycles. The summed E-state index contributed by atoms with van der Waals surface area (Å²) in [5.74, 6) is -8.62. The largest absolute Gasteiger partial charge is 0.465 e. The van der Waals surface area contributed by atoms with E-state index in [4.69, 9.17) is 75.8 Å². The molecule has 3 aliphatic heterocycles. The average molecular weight is 1370 g/mol. The Hall–Kier alpha value is -7.34. The van der Waals surface area contributed by atoms with Gasteiger partial charge in [-0.05, 0) is 33.9 Å². The summed E-state index contributed by atoms with van der Waals surface area (Å²) in [7, 11) is -0.691. The van der Waals surface area contributed by atoms with Gasteiger partial charge in [0.2, 0.25) is 5.91 Å². The number of benzene rings is 5. The fourth-order valence-corrected chi connectivity index (χ4v) is 12.3. The fraction of sp³-hybridized carbons (Fsp3) is 0.500. The lowest BCUT2D eigenvalue weighted by Crippen LogP contribution is -2.72. The Morgan fingerprint density at radius 1 is 0.557 bits per heavy atom. The van der Waals surface area contributed by atoms with Gasteiger partial charge in [0, 0.05) is 49.3 Å². The Morgan fingerprint density at radius 2 is 1.02 bits per heavy atom. The molecule has 24 nitrogen and oxygen atoms in total. The number of carbonyl (C=O) groups is 6. The van der Waals surface area contributed by atoms with Gasteiger partial charge in [0.05, 0.1) is 65.8 Å². The van der Waals surface area contributed by atoms with Crippen molar-refractivity contribution in [1.29, 1.82) is 0 Å². The van der Waals surface area contributed by atoms with E-state index in [-0.39, 0.29) is 46.2 Å². The highest BCUT2D eigenvalue weighted by atomic mass is 28.3. The maximum absolute atomic E-state index is 15.3. The van der Waals surface area contributed by atoms with Crippen molar-refractivity contribution in [3.63, 3.8) is 0 Å². The number of carbonyl (C=O) groups excluding carboxylic acids is 6. The van der Waals surface area contributed by atoms with Crippen LogP contribution in [0.2, 0.25) is 25.7 Å². The Kier molecular flexibility index (Phi) is 28.8. The van der Waals surface area contributed by atoms with Gasteiger partial charge in [0.15, 0.2) is 24.8 Å². The molecular formula is C72H91NO23Si. The second-order valence-electron chi connectivity index (χ2n) is 25.2. The second kappa shape index (κ2) is 37.0. The number of hydrogen-bond acceptors (Lipinski definition) is 23. The van der Waals surface area contributed by atoms with E-state index in [0.29, 0.717) is 12.2 Å². The van der Waals surface area contributed by atoms with E-state index in [2.05, 4.69) is 25.0 Å². The molecule has 0 spiro atoms. The topological polar surface area (TPSA) is 282 Å². The molecule has 5 aromatic rings. The Balaban J connectivity index is 1.31. The van der Waals surface area contributed by atoms with Crippen molar-refractivity contribution >= 4 is 43.8 Å². The number of aliphatic hydroxyl groups excluding tert-OH is 1. The standard InChI is InChI=1S/C72H91NO23Si/c1-46(74)73-60-56(89-48(3)76)37-72(71(80)81-6,95-64(60)62(91-50(5)78)59(90-49(4)77)45-85-47(2)75)96-65-61(79)57(43-82-38-51-25-15-10-16-26-51)92-70(67(65)87-41-54-31-21-13-22-32-54)94-63-58(44-83-39-52-27-17-11-18-28-52)93-69(84-35-36-97(7,8)9)68(88-42-55-33-23-14-24-34-55)66(63)86-40-53-29-19-12-20-30-53/h10-34,56-70,79H,35-45H2,1-9H3,(H,73,74)/t56-,57+,58+,59+,60+,61-,62+,63+,64+,65-,66-,67+,68+,69+,70-,72-/m0/s1/i71+1. The first kappa shape index (κ1) is 75.4. The number of aliphatic hydroxyl groups is 1. The van der Waals surface area contributed by atoms with Crippen LogP contribution in [-0.2, 0) is 138 Å². The molecule has 3 saturated heterocycles. The number of amides is 1. The molecule has 3 aliphatic rings. The first-order valence-electron chi connectivity index (χ1n) is 32.4. The zero-order valence-electron chi connectivity index (χ0n) is 56.3. The summed E-state index contributed by atoms with van der Waals surface area (Å²) in [5.41, 5.74) is 3.92. The predicted octanol–water partition coefficient (Wildman–Crippen LogP) is 7.63. The lowest BCUT2D eigenvalue weighted by Gasteiger charge is -2.52. The van der Waals surface area contributed by atoms with Crippen molar-refractivity contribution < 1.29 is 110 Å². The quantitative estimate of drug-likeness (QED) is 0.0173. The number of esters is 5. The van der Waals surface area contributed by atoms with E-state index in [1.807, 2.05) is 127 Å². The third-order valence-corrected chi connectivity index (χ3v) is 17.8. The van der Waals surface area contributed by atoms with Crippen molar-refractivity contribution in [3.05, 3.63) is 179 Å². The Bertz CT molecular complexity index is 3240. The third-order valence-electron chi connectivity index (χ3n) is 16.1. The molecule has 8 rings (SSSR count). The van der Waals surface area contributed by atoms with E-state index in [1.54, 1.807) is 24.3 Å². The van der Waals surface area contributed by atoms with E-state index in [0.717, 1.165) is 70.0 Å². The van der Waals surface area contributed by atoms with Gasteiger partial charge >= 0.3 is 29.8 Å². The number of nitrogens with one attached hydrogen (secondary N) is 1. The lowest BCUT2D eigenvalue weighted by molar-refractivity contribution is -0.395. The molecule has 5 aromatic carbocycles. The van der Waals surface area contributed by atoms with Crippen LogP contribution >= 0.6 is 0 Å². The van der Waals surface area contributed by atoms with Crippen molar-refractivity contribution in [2.24, 2.45) is 0 Å². The van der Waals surface area contributed by atoms with Crippen LogP contribution in [-0.4, -0.2) is 180 Å². The maximum Gasteiger partial charge on any atom is 0.366 e. The van der Waals surface area contributed by atoms with Crippen LogP contribution in [0.1, 0.15) is 68.9 Å². The molecular weight excluding hydrogens is 1280 g/mol. The summed E-state index contributed by atoms with van der Waals surface area (Å²) in [6, 6.07) is 46.1. The normalized spacial score (nSPS) is 26.3. The Labute approximate surface area is 566 Å². The molecule has 16 atom stereocenters. The first-order chi connectivity index (χ1) is 46.6. The van der Waals surface area contributed by atoms with Crippen LogP contribution in [0.15, 0.2) is 152 Å².